The summed E-state index contributed by atoms with van der Waals surface area (Å²) < 4.78 is 5.70. The molecule has 1 atom stereocenters. The third-order valence-corrected chi connectivity index (χ3v) is 4.70. The summed E-state index contributed by atoms with van der Waals surface area (Å²) in [6.07, 6.45) is 0.590. The van der Waals surface area contributed by atoms with Gasteiger partial charge in [0.15, 0.2) is 5.82 Å². The van der Waals surface area contributed by atoms with Gasteiger partial charge in [-0.05, 0) is 48.7 Å². The summed E-state index contributed by atoms with van der Waals surface area (Å²) >= 11 is 0. The zero-order chi connectivity index (χ0) is 18.1. The summed E-state index contributed by atoms with van der Waals surface area (Å²) in [4.78, 5) is 12.7. The van der Waals surface area contributed by atoms with Gasteiger partial charge in [-0.2, -0.15) is 5.21 Å². The van der Waals surface area contributed by atoms with Crippen LogP contribution in [-0.2, 0) is 11.2 Å². The standard InChI is InChI=1S/C19H19N5O2/c1-11-7-15-16(10-26-17(15)8-12(11)2)19(25)20-14-5-3-13(4-6-14)9-18-21-23-24-22-18/h3-8,16H,9-10H2,1-2H3,(H,20,25)(H,21,22,23,24)/t16-/m1/s1. The summed E-state index contributed by atoms with van der Waals surface area (Å²) in [7, 11) is 0. The largest absolute Gasteiger partial charge is 0.492 e. The van der Waals surface area contributed by atoms with Crippen LogP contribution in [0.2, 0.25) is 0 Å². The highest BCUT2D eigenvalue weighted by Crippen LogP contribution is 2.36. The maximum Gasteiger partial charge on any atom is 0.235 e. The summed E-state index contributed by atoms with van der Waals surface area (Å²) in [5, 5.41) is 16.8. The van der Waals surface area contributed by atoms with Gasteiger partial charge in [-0.15, -0.1) is 10.2 Å². The number of hydrogen-bond acceptors (Lipinski definition) is 5. The topological polar surface area (TPSA) is 92.8 Å². The van der Waals surface area contributed by atoms with E-state index >= 15 is 0 Å². The molecular weight excluding hydrogens is 330 g/mol. The number of nitrogens with zero attached hydrogens (tertiary/aromatic N) is 3. The second-order valence-corrected chi connectivity index (χ2v) is 6.53. The maximum absolute atomic E-state index is 12.7. The minimum absolute atomic E-state index is 0.0575. The fourth-order valence-electron chi connectivity index (χ4n) is 3.06. The minimum Gasteiger partial charge on any atom is -0.492 e. The van der Waals surface area contributed by atoms with E-state index in [1.165, 1.54) is 5.56 Å². The summed E-state index contributed by atoms with van der Waals surface area (Å²) in [5.41, 5.74) is 5.09. The van der Waals surface area contributed by atoms with Gasteiger partial charge in [-0.1, -0.05) is 23.4 Å². The Balaban J connectivity index is 1.45. The summed E-state index contributed by atoms with van der Waals surface area (Å²) in [6.45, 7) is 4.47. The van der Waals surface area contributed by atoms with E-state index in [1.807, 2.05) is 44.2 Å². The van der Waals surface area contributed by atoms with Crippen molar-refractivity contribution in [3.63, 3.8) is 0 Å². The van der Waals surface area contributed by atoms with Crippen molar-refractivity contribution in [2.24, 2.45) is 0 Å². The second kappa shape index (κ2) is 6.59. The number of anilines is 1. The lowest BCUT2D eigenvalue weighted by Gasteiger charge is -2.11. The molecular formula is C19H19N5O2. The first-order valence-corrected chi connectivity index (χ1v) is 8.46. The molecule has 1 aliphatic heterocycles. The Morgan fingerprint density at radius 1 is 1.23 bits per heavy atom. The van der Waals surface area contributed by atoms with E-state index in [2.05, 4.69) is 32.0 Å². The molecule has 7 heteroatoms. The molecule has 0 fully saturated rings. The van der Waals surface area contributed by atoms with Crippen LogP contribution in [-0.4, -0.2) is 33.1 Å². The lowest BCUT2D eigenvalue weighted by molar-refractivity contribution is -0.117. The van der Waals surface area contributed by atoms with Crippen LogP contribution in [0.25, 0.3) is 0 Å². The summed E-state index contributed by atoms with van der Waals surface area (Å²) in [5.74, 6) is 1.09. The van der Waals surface area contributed by atoms with Crippen LogP contribution in [0, 0.1) is 13.8 Å². The summed E-state index contributed by atoms with van der Waals surface area (Å²) in [6, 6.07) is 11.7. The van der Waals surface area contributed by atoms with Crippen LogP contribution >= 0.6 is 0 Å². The van der Waals surface area contributed by atoms with Crippen molar-refractivity contribution in [3.05, 3.63) is 64.5 Å². The lowest BCUT2D eigenvalue weighted by Crippen LogP contribution is -2.22. The van der Waals surface area contributed by atoms with Crippen molar-refractivity contribution in [2.45, 2.75) is 26.2 Å². The normalized spacial score (nSPS) is 15.4. The lowest BCUT2D eigenvalue weighted by atomic mass is 9.96. The molecule has 1 aromatic heterocycles. The van der Waals surface area contributed by atoms with Crippen molar-refractivity contribution in [1.29, 1.82) is 0 Å². The first-order chi connectivity index (χ1) is 12.6. The number of tetrazole rings is 1. The molecule has 26 heavy (non-hydrogen) atoms. The van der Waals surface area contributed by atoms with Crippen LogP contribution in [0.15, 0.2) is 36.4 Å². The van der Waals surface area contributed by atoms with E-state index in [1.54, 1.807) is 0 Å². The van der Waals surface area contributed by atoms with Gasteiger partial charge in [-0.3, -0.25) is 4.79 Å². The van der Waals surface area contributed by atoms with Gasteiger partial charge in [0.2, 0.25) is 5.91 Å². The average Bonchev–Trinajstić information content (AvgIpc) is 3.27. The van der Waals surface area contributed by atoms with Gasteiger partial charge in [0, 0.05) is 17.7 Å². The van der Waals surface area contributed by atoms with Gasteiger partial charge in [0.25, 0.3) is 0 Å². The number of carbonyl (C=O) groups excluding carboxylic acids is 1. The Morgan fingerprint density at radius 2 is 2.00 bits per heavy atom. The molecule has 4 rings (SSSR count). The number of H-pyrrole nitrogens is 1. The van der Waals surface area contributed by atoms with Crippen LogP contribution in [0.1, 0.15) is 34.0 Å². The number of rotatable bonds is 4. The fraction of sp³-hybridized carbons (Fsp3) is 0.263. The number of benzene rings is 2. The van der Waals surface area contributed by atoms with Crippen molar-refractivity contribution in [2.75, 3.05) is 11.9 Å². The molecule has 0 spiro atoms. The van der Waals surface area contributed by atoms with Gasteiger partial charge in [0.1, 0.15) is 18.3 Å². The number of carbonyl (C=O) groups is 1. The SMILES string of the molecule is Cc1cc2c(cc1C)[C@H](C(=O)Nc1ccc(Cc3nn[nH]n3)cc1)CO2. The smallest absolute Gasteiger partial charge is 0.235 e. The Morgan fingerprint density at radius 3 is 2.73 bits per heavy atom. The molecule has 0 radical (unpaired) electrons. The Bertz CT molecular complexity index is 935. The predicted octanol–water partition coefficient (Wildman–Crippen LogP) is 2.52. The first kappa shape index (κ1) is 16.3. The number of fused-ring (bicyclic) bond motifs is 1. The van der Waals surface area contributed by atoms with Gasteiger partial charge in [-0.25, -0.2) is 0 Å². The first-order valence-electron chi connectivity index (χ1n) is 8.46. The maximum atomic E-state index is 12.7. The zero-order valence-corrected chi connectivity index (χ0v) is 14.6. The molecule has 3 aromatic rings. The van der Waals surface area contributed by atoms with E-state index in [4.69, 9.17) is 4.74 Å². The van der Waals surface area contributed by atoms with Crippen molar-refractivity contribution >= 4 is 11.6 Å². The monoisotopic (exact) mass is 349 g/mol. The highest BCUT2D eigenvalue weighted by atomic mass is 16.5. The minimum atomic E-state index is -0.289. The average molecular weight is 349 g/mol. The molecule has 1 amide bonds. The molecule has 0 unspecified atom stereocenters. The number of amides is 1. The Hall–Kier alpha value is -3.22. The molecule has 2 aromatic carbocycles. The van der Waals surface area contributed by atoms with Gasteiger partial charge in [0.05, 0.1) is 0 Å². The predicted molar refractivity (Wildman–Crippen MR) is 96.2 cm³/mol. The van der Waals surface area contributed by atoms with Crippen LogP contribution in [0.4, 0.5) is 5.69 Å². The van der Waals surface area contributed by atoms with E-state index in [0.717, 1.165) is 28.1 Å². The van der Waals surface area contributed by atoms with E-state index in [-0.39, 0.29) is 11.8 Å². The third-order valence-electron chi connectivity index (χ3n) is 4.70. The van der Waals surface area contributed by atoms with E-state index in [9.17, 15) is 4.79 Å². The van der Waals surface area contributed by atoms with Gasteiger partial charge >= 0.3 is 0 Å². The molecule has 0 bridgehead atoms. The van der Waals surface area contributed by atoms with Crippen LogP contribution in [0.3, 0.4) is 0 Å². The quantitative estimate of drug-likeness (QED) is 0.755. The second-order valence-electron chi connectivity index (χ2n) is 6.53. The number of ether oxygens (including phenoxy) is 1. The van der Waals surface area contributed by atoms with Crippen LogP contribution in [0.5, 0.6) is 5.75 Å². The molecule has 7 nitrogen and oxygen atoms in total. The molecule has 0 aliphatic carbocycles. The highest BCUT2D eigenvalue weighted by molar-refractivity contribution is 5.97. The number of nitrogens with one attached hydrogen (secondary N) is 2. The van der Waals surface area contributed by atoms with Crippen molar-refractivity contribution in [1.82, 2.24) is 20.6 Å². The number of aryl methyl sites for hydroxylation is 2. The molecule has 0 saturated heterocycles. The van der Waals surface area contributed by atoms with E-state index in [0.29, 0.717) is 18.9 Å². The molecule has 132 valence electrons. The molecule has 2 N–H and O–H groups in total. The Kier molecular flexibility index (Phi) is 4.12. The molecule has 0 saturated carbocycles. The highest BCUT2D eigenvalue weighted by Gasteiger charge is 2.31. The van der Waals surface area contributed by atoms with Crippen molar-refractivity contribution < 1.29 is 9.53 Å². The van der Waals surface area contributed by atoms with Crippen LogP contribution < -0.4 is 10.1 Å². The number of aromatic amines is 1. The number of hydrogen-bond donors (Lipinski definition) is 2. The fourth-order valence-corrected chi connectivity index (χ4v) is 3.06. The molecule has 2 heterocycles. The van der Waals surface area contributed by atoms with E-state index < -0.39 is 0 Å². The Labute approximate surface area is 150 Å². The third kappa shape index (κ3) is 3.15. The number of aromatic nitrogens is 4. The molecule has 1 aliphatic rings. The van der Waals surface area contributed by atoms with Crippen molar-refractivity contribution in [3.8, 4) is 5.75 Å². The zero-order valence-electron chi connectivity index (χ0n) is 14.6. The van der Waals surface area contributed by atoms with Gasteiger partial charge < -0.3 is 10.1 Å².